The lowest BCUT2D eigenvalue weighted by molar-refractivity contribution is 0.300. The lowest BCUT2D eigenvalue weighted by Crippen LogP contribution is -2.13. The molecule has 0 aliphatic carbocycles. The first-order chi connectivity index (χ1) is 9.60. The highest BCUT2D eigenvalue weighted by Crippen LogP contribution is 2.29. The maximum Gasteiger partial charge on any atom is 0.124 e. The first kappa shape index (κ1) is 15.4. The molecule has 0 fully saturated rings. The molecule has 0 aliphatic rings. The van der Waals surface area contributed by atoms with Gasteiger partial charge in [0.15, 0.2) is 0 Å². The second-order valence-corrected chi connectivity index (χ2v) is 5.96. The molecule has 2 rings (SSSR count). The van der Waals surface area contributed by atoms with Crippen molar-refractivity contribution in [2.24, 2.45) is 0 Å². The van der Waals surface area contributed by atoms with Gasteiger partial charge in [0.2, 0.25) is 0 Å². The van der Waals surface area contributed by atoms with Crippen molar-refractivity contribution in [2.45, 2.75) is 19.6 Å². The maximum absolute atomic E-state index is 5.94. The van der Waals surface area contributed by atoms with Crippen LogP contribution < -0.4 is 10.1 Å². The van der Waals surface area contributed by atoms with Crippen molar-refractivity contribution in [3.05, 3.63) is 63.1 Å². The Labute approximate surface area is 133 Å². The molecule has 1 atom stereocenters. The monoisotopic (exact) mass is 353 g/mol. The van der Waals surface area contributed by atoms with Gasteiger partial charge in [-0.3, -0.25) is 0 Å². The standard InChI is InChI=1S/C16H17BrClNO/c1-11(19-2)15-9-13(17)5-8-16(15)20-10-12-3-6-14(18)7-4-12/h3-9,11,19H,10H2,1-2H3. The molecule has 1 N–H and O–H groups in total. The topological polar surface area (TPSA) is 21.3 Å². The second kappa shape index (κ2) is 7.11. The van der Waals surface area contributed by atoms with E-state index in [0.717, 1.165) is 26.4 Å². The summed E-state index contributed by atoms with van der Waals surface area (Å²) in [6.07, 6.45) is 0. The molecule has 0 saturated heterocycles. The second-order valence-electron chi connectivity index (χ2n) is 4.61. The van der Waals surface area contributed by atoms with Crippen molar-refractivity contribution in [1.29, 1.82) is 0 Å². The zero-order valence-electron chi connectivity index (χ0n) is 11.5. The minimum Gasteiger partial charge on any atom is -0.489 e. The summed E-state index contributed by atoms with van der Waals surface area (Å²) in [7, 11) is 1.94. The predicted molar refractivity (Wildman–Crippen MR) is 87.4 cm³/mol. The molecule has 20 heavy (non-hydrogen) atoms. The minimum atomic E-state index is 0.229. The molecule has 0 aliphatic heterocycles. The van der Waals surface area contributed by atoms with Gasteiger partial charge in [-0.2, -0.15) is 0 Å². The molecule has 0 aromatic heterocycles. The Morgan fingerprint density at radius 1 is 1.20 bits per heavy atom. The molecule has 0 spiro atoms. The van der Waals surface area contributed by atoms with Crippen LogP contribution in [0.25, 0.3) is 0 Å². The average Bonchev–Trinajstić information content (AvgIpc) is 2.46. The Balaban J connectivity index is 2.14. The normalized spacial score (nSPS) is 12.2. The van der Waals surface area contributed by atoms with E-state index in [4.69, 9.17) is 16.3 Å². The highest BCUT2D eigenvalue weighted by atomic mass is 79.9. The van der Waals surface area contributed by atoms with Gasteiger partial charge in [-0.25, -0.2) is 0 Å². The molecule has 4 heteroatoms. The maximum atomic E-state index is 5.94. The number of halogens is 2. The van der Waals surface area contributed by atoms with Gasteiger partial charge in [0.25, 0.3) is 0 Å². The fraction of sp³-hybridized carbons (Fsp3) is 0.250. The highest BCUT2D eigenvalue weighted by molar-refractivity contribution is 9.10. The van der Waals surface area contributed by atoms with E-state index >= 15 is 0 Å². The van der Waals surface area contributed by atoms with Crippen molar-refractivity contribution in [3.8, 4) is 5.75 Å². The molecule has 1 unspecified atom stereocenters. The number of nitrogens with one attached hydrogen (secondary N) is 1. The third-order valence-corrected chi connectivity index (χ3v) is 3.92. The molecular weight excluding hydrogens is 338 g/mol. The van der Waals surface area contributed by atoms with E-state index in [9.17, 15) is 0 Å². The van der Waals surface area contributed by atoms with Crippen LogP contribution >= 0.6 is 27.5 Å². The van der Waals surface area contributed by atoms with Crippen LogP contribution in [0, 0.1) is 0 Å². The van der Waals surface area contributed by atoms with E-state index in [1.54, 1.807) is 0 Å². The number of ether oxygens (including phenoxy) is 1. The predicted octanol–water partition coefficient (Wildman–Crippen LogP) is 4.96. The van der Waals surface area contributed by atoms with E-state index in [1.165, 1.54) is 0 Å². The molecule has 2 aromatic rings. The van der Waals surface area contributed by atoms with Gasteiger partial charge in [-0.05, 0) is 49.9 Å². The minimum absolute atomic E-state index is 0.229. The van der Waals surface area contributed by atoms with Gasteiger partial charge in [-0.15, -0.1) is 0 Å². The first-order valence-electron chi connectivity index (χ1n) is 6.44. The fourth-order valence-electron chi connectivity index (χ4n) is 1.89. The lowest BCUT2D eigenvalue weighted by atomic mass is 10.1. The largest absolute Gasteiger partial charge is 0.489 e. The molecule has 0 saturated carbocycles. The van der Waals surface area contributed by atoms with E-state index < -0.39 is 0 Å². The highest BCUT2D eigenvalue weighted by Gasteiger charge is 2.11. The Hall–Kier alpha value is -1.03. The third kappa shape index (κ3) is 3.98. The smallest absolute Gasteiger partial charge is 0.124 e. The Kier molecular flexibility index (Phi) is 5.46. The number of hydrogen-bond donors (Lipinski definition) is 1. The van der Waals surface area contributed by atoms with Crippen LogP contribution in [0.2, 0.25) is 5.02 Å². The SMILES string of the molecule is CNC(C)c1cc(Br)ccc1OCc1ccc(Cl)cc1. The molecule has 0 bridgehead atoms. The number of benzene rings is 2. The van der Waals surface area contributed by atoms with E-state index in [0.29, 0.717) is 6.61 Å². The summed E-state index contributed by atoms with van der Waals surface area (Å²) in [5.74, 6) is 0.894. The summed E-state index contributed by atoms with van der Waals surface area (Å²) in [5, 5.41) is 3.97. The summed E-state index contributed by atoms with van der Waals surface area (Å²) in [5.41, 5.74) is 2.23. The molecule has 2 nitrogen and oxygen atoms in total. The zero-order chi connectivity index (χ0) is 14.5. The van der Waals surface area contributed by atoms with Crippen molar-refractivity contribution in [2.75, 3.05) is 7.05 Å². The summed E-state index contributed by atoms with van der Waals surface area (Å²) >= 11 is 9.38. The van der Waals surface area contributed by atoms with Crippen LogP contribution in [0.1, 0.15) is 24.1 Å². The van der Waals surface area contributed by atoms with Crippen LogP contribution in [-0.4, -0.2) is 7.05 Å². The Morgan fingerprint density at radius 2 is 1.90 bits per heavy atom. The van der Waals surface area contributed by atoms with Crippen LogP contribution in [0.3, 0.4) is 0 Å². The van der Waals surface area contributed by atoms with Crippen LogP contribution in [0.15, 0.2) is 46.9 Å². The molecule has 2 aromatic carbocycles. The lowest BCUT2D eigenvalue weighted by Gasteiger charge is -2.17. The summed E-state index contributed by atoms with van der Waals surface area (Å²) in [6, 6.07) is 14.0. The van der Waals surface area contributed by atoms with Crippen LogP contribution in [-0.2, 0) is 6.61 Å². The fourth-order valence-corrected chi connectivity index (χ4v) is 2.39. The van der Waals surface area contributed by atoms with Gasteiger partial charge < -0.3 is 10.1 Å². The Morgan fingerprint density at radius 3 is 2.55 bits per heavy atom. The number of hydrogen-bond acceptors (Lipinski definition) is 2. The van der Waals surface area contributed by atoms with Gasteiger partial charge in [0.1, 0.15) is 12.4 Å². The van der Waals surface area contributed by atoms with Crippen molar-refractivity contribution < 1.29 is 4.74 Å². The molecule has 0 heterocycles. The summed E-state index contributed by atoms with van der Waals surface area (Å²) in [6.45, 7) is 2.64. The van der Waals surface area contributed by atoms with E-state index in [-0.39, 0.29) is 6.04 Å². The zero-order valence-corrected chi connectivity index (χ0v) is 13.8. The quantitative estimate of drug-likeness (QED) is 0.819. The molecular formula is C16H17BrClNO. The van der Waals surface area contributed by atoms with Crippen molar-refractivity contribution >= 4 is 27.5 Å². The van der Waals surface area contributed by atoms with E-state index in [1.807, 2.05) is 43.4 Å². The Bertz CT molecular complexity index is 571. The van der Waals surface area contributed by atoms with Crippen LogP contribution in [0.5, 0.6) is 5.75 Å². The summed E-state index contributed by atoms with van der Waals surface area (Å²) < 4.78 is 6.99. The van der Waals surface area contributed by atoms with Gasteiger partial charge >= 0.3 is 0 Å². The van der Waals surface area contributed by atoms with Crippen molar-refractivity contribution in [3.63, 3.8) is 0 Å². The van der Waals surface area contributed by atoms with Crippen molar-refractivity contribution in [1.82, 2.24) is 5.32 Å². The van der Waals surface area contributed by atoms with E-state index in [2.05, 4.69) is 34.2 Å². The third-order valence-electron chi connectivity index (χ3n) is 3.18. The molecule has 0 radical (unpaired) electrons. The number of rotatable bonds is 5. The van der Waals surface area contributed by atoms with Gasteiger partial charge in [0.05, 0.1) is 0 Å². The van der Waals surface area contributed by atoms with Gasteiger partial charge in [-0.1, -0.05) is 39.7 Å². The molecule has 106 valence electrons. The average molecular weight is 355 g/mol. The first-order valence-corrected chi connectivity index (χ1v) is 7.61. The van der Waals surface area contributed by atoms with Gasteiger partial charge in [0, 0.05) is 21.1 Å². The molecule has 0 amide bonds. The summed E-state index contributed by atoms with van der Waals surface area (Å²) in [4.78, 5) is 0. The van der Waals surface area contributed by atoms with Crippen LogP contribution in [0.4, 0.5) is 0 Å².